The summed E-state index contributed by atoms with van der Waals surface area (Å²) in [5.74, 6) is 0.826. The zero-order valence-corrected chi connectivity index (χ0v) is 11.7. The van der Waals surface area contributed by atoms with E-state index >= 15 is 0 Å². The Hall–Kier alpha value is -0.730. The van der Waals surface area contributed by atoms with E-state index in [4.69, 9.17) is 16.3 Å². The maximum absolute atomic E-state index is 6.29. The Kier molecular flexibility index (Phi) is 3.37. The lowest BCUT2D eigenvalue weighted by molar-refractivity contribution is 0.369. The maximum atomic E-state index is 6.29. The Morgan fingerprint density at radius 2 is 2.12 bits per heavy atom. The lowest BCUT2D eigenvalue weighted by Crippen LogP contribution is -2.34. The predicted octanol–water partition coefficient (Wildman–Crippen LogP) is 3.56. The van der Waals surface area contributed by atoms with Crippen molar-refractivity contribution >= 4 is 11.6 Å². The molecule has 0 aromatic heterocycles. The average molecular weight is 254 g/mol. The fraction of sp³-hybridized carbons (Fsp3) is 0.571. The molecule has 1 fully saturated rings. The van der Waals surface area contributed by atoms with E-state index in [9.17, 15) is 0 Å². The molecule has 1 atom stereocenters. The Morgan fingerprint density at radius 1 is 1.41 bits per heavy atom. The van der Waals surface area contributed by atoms with Crippen LogP contribution in [0.5, 0.6) is 5.75 Å². The first-order valence-electron chi connectivity index (χ1n) is 6.09. The van der Waals surface area contributed by atoms with E-state index in [2.05, 4.69) is 26.1 Å². The third kappa shape index (κ3) is 2.04. The number of hydrogen-bond donors (Lipinski definition) is 1. The first-order chi connectivity index (χ1) is 7.99. The molecule has 0 amide bonds. The minimum atomic E-state index is -0.00884. The molecule has 1 saturated heterocycles. The number of nitrogens with one attached hydrogen (secondary N) is 1. The molecule has 3 heteroatoms. The van der Waals surface area contributed by atoms with Crippen LogP contribution in [0.1, 0.15) is 36.5 Å². The molecule has 0 bridgehead atoms. The number of rotatable bonds is 2. The lowest BCUT2D eigenvalue weighted by atomic mass is 9.85. The van der Waals surface area contributed by atoms with Crippen LogP contribution in [-0.4, -0.2) is 13.7 Å². The second kappa shape index (κ2) is 4.51. The highest BCUT2D eigenvalue weighted by Gasteiger charge is 2.35. The number of ether oxygens (including phenoxy) is 1. The molecular formula is C14H20ClNO. The van der Waals surface area contributed by atoms with E-state index in [1.54, 1.807) is 7.11 Å². The normalized spacial score (nSPS) is 24.1. The predicted molar refractivity (Wildman–Crippen MR) is 72.1 cm³/mol. The summed E-state index contributed by atoms with van der Waals surface area (Å²) in [5, 5.41) is 4.29. The third-order valence-electron chi connectivity index (χ3n) is 3.88. The summed E-state index contributed by atoms with van der Waals surface area (Å²) in [6.45, 7) is 7.54. The molecule has 1 aromatic rings. The summed E-state index contributed by atoms with van der Waals surface area (Å²) in [5.41, 5.74) is 3.72. The van der Waals surface area contributed by atoms with Gasteiger partial charge in [0.15, 0.2) is 0 Å². The van der Waals surface area contributed by atoms with Crippen molar-refractivity contribution in [1.29, 1.82) is 0 Å². The van der Waals surface area contributed by atoms with E-state index in [0.29, 0.717) is 5.02 Å². The van der Waals surface area contributed by atoms with Gasteiger partial charge in [-0.15, -0.1) is 0 Å². The largest absolute Gasteiger partial charge is 0.495 e. The third-order valence-corrected chi connectivity index (χ3v) is 4.16. The highest BCUT2D eigenvalue weighted by molar-refractivity contribution is 6.32. The lowest BCUT2D eigenvalue weighted by Gasteiger charge is -2.30. The monoisotopic (exact) mass is 253 g/mol. The topological polar surface area (TPSA) is 21.3 Å². The van der Waals surface area contributed by atoms with E-state index in [1.165, 1.54) is 23.1 Å². The van der Waals surface area contributed by atoms with Crippen molar-refractivity contribution in [1.82, 2.24) is 5.32 Å². The van der Waals surface area contributed by atoms with Crippen molar-refractivity contribution in [2.24, 2.45) is 0 Å². The quantitative estimate of drug-likeness (QED) is 0.870. The van der Waals surface area contributed by atoms with Gasteiger partial charge in [0.2, 0.25) is 0 Å². The molecule has 1 aliphatic rings. The smallest absolute Gasteiger partial charge is 0.142 e. The van der Waals surface area contributed by atoms with Gasteiger partial charge in [-0.25, -0.2) is 0 Å². The number of hydrogen-bond acceptors (Lipinski definition) is 2. The number of halogens is 1. The Balaban J connectivity index is 2.65. The highest BCUT2D eigenvalue weighted by atomic mass is 35.5. The number of methoxy groups -OCH3 is 1. The van der Waals surface area contributed by atoms with Crippen molar-refractivity contribution in [2.75, 3.05) is 13.7 Å². The summed E-state index contributed by atoms with van der Waals surface area (Å²) in [6.07, 6.45) is 2.33. The molecule has 1 heterocycles. The fourth-order valence-corrected chi connectivity index (χ4v) is 3.16. The van der Waals surface area contributed by atoms with Crippen molar-refractivity contribution in [3.8, 4) is 5.75 Å². The Labute approximate surface area is 108 Å². The van der Waals surface area contributed by atoms with Crippen LogP contribution in [0.2, 0.25) is 5.02 Å². The molecule has 17 heavy (non-hydrogen) atoms. The summed E-state index contributed by atoms with van der Waals surface area (Å²) in [7, 11) is 1.69. The first-order valence-corrected chi connectivity index (χ1v) is 6.46. The van der Waals surface area contributed by atoms with Gasteiger partial charge < -0.3 is 10.1 Å². The van der Waals surface area contributed by atoms with Crippen LogP contribution in [0.25, 0.3) is 0 Å². The summed E-state index contributed by atoms with van der Waals surface area (Å²) in [6, 6.07) is 1.98. The van der Waals surface area contributed by atoms with Gasteiger partial charge in [0, 0.05) is 11.1 Å². The van der Waals surface area contributed by atoms with Crippen molar-refractivity contribution in [3.05, 3.63) is 27.8 Å². The van der Waals surface area contributed by atoms with Gasteiger partial charge in [-0.1, -0.05) is 11.6 Å². The number of aryl methyl sites for hydroxylation is 1. The van der Waals surface area contributed by atoms with E-state index in [1.807, 2.05) is 6.07 Å². The molecule has 2 nitrogen and oxygen atoms in total. The minimum absolute atomic E-state index is 0.00884. The molecule has 0 radical (unpaired) electrons. The Bertz CT molecular complexity index is 436. The highest BCUT2D eigenvalue weighted by Crippen LogP contribution is 2.43. The van der Waals surface area contributed by atoms with Gasteiger partial charge >= 0.3 is 0 Å². The fourth-order valence-electron chi connectivity index (χ4n) is 2.82. The average Bonchev–Trinajstić information content (AvgIpc) is 2.71. The zero-order valence-electron chi connectivity index (χ0n) is 11.0. The van der Waals surface area contributed by atoms with Crippen molar-refractivity contribution in [3.63, 3.8) is 0 Å². The standard InChI is InChI=1S/C14H20ClNO/c1-9-8-11(15)13(17-4)12(10(9)2)14(3)6-5-7-16-14/h8,16H,5-7H2,1-4H3. The Morgan fingerprint density at radius 3 is 2.65 bits per heavy atom. The second-order valence-corrected chi connectivity index (χ2v) is 5.48. The van der Waals surface area contributed by atoms with Crippen molar-refractivity contribution in [2.45, 2.75) is 39.2 Å². The first kappa shape index (κ1) is 12.7. The van der Waals surface area contributed by atoms with E-state index < -0.39 is 0 Å². The minimum Gasteiger partial charge on any atom is -0.495 e. The van der Waals surface area contributed by atoms with Crippen LogP contribution in [0, 0.1) is 13.8 Å². The van der Waals surface area contributed by atoms with E-state index in [-0.39, 0.29) is 5.54 Å². The molecular weight excluding hydrogens is 234 g/mol. The van der Waals surface area contributed by atoms with Crippen molar-refractivity contribution < 1.29 is 4.74 Å². The van der Waals surface area contributed by atoms with Crippen LogP contribution in [0.15, 0.2) is 6.07 Å². The molecule has 0 saturated carbocycles. The van der Waals surface area contributed by atoms with Gasteiger partial charge in [0.25, 0.3) is 0 Å². The van der Waals surface area contributed by atoms with Crippen LogP contribution in [-0.2, 0) is 5.54 Å². The SMILES string of the molecule is COc1c(Cl)cc(C)c(C)c1C1(C)CCCN1. The van der Waals surface area contributed by atoms with Crippen LogP contribution < -0.4 is 10.1 Å². The second-order valence-electron chi connectivity index (χ2n) is 5.07. The van der Waals surface area contributed by atoms with Crippen LogP contribution in [0.3, 0.4) is 0 Å². The van der Waals surface area contributed by atoms with Gasteiger partial charge in [0.1, 0.15) is 5.75 Å². The zero-order chi connectivity index (χ0) is 12.6. The summed E-state index contributed by atoms with van der Waals surface area (Å²) in [4.78, 5) is 0. The molecule has 1 aromatic carbocycles. The summed E-state index contributed by atoms with van der Waals surface area (Å²) >= 11 is 6.29. The summed E-state index contributed by atoms with van der Waals surface area (Å²) < 4.78 is 5.52. The van der Waals surface area contributed by atoms with Gasteiger partial charge in [-0.05, 0) is 57.4 Å². The molecule has 94 valence electrons. The van der Waals surface area contributed by atoms with Gasteiger partial charge in [0.05, 0.1) is 12.1 Å². The maximum Gasteiger partial charge on any atom is 0.142 e. The van der Waals surface area contributed by atoms with Gasteiger partial charge in [-0.2, -0.15) is 0 Å². The van der Waals surface area contributed by atoms with E-state index in [0.717, 1.165) is 18.7 Å². The molecule has 0 aliphatic carbocycles. The van der Waals surface area contributed by atoms with Gasteiger partial charge in [-0.3, -0.25) is 0 Å². The molecule has 0 spiro atoms. The molecule has 1 N–H and O–H groups in total. The number of benzene rings is 1. The van der Waals surface area contributed by atoms with Crippen LogP contribution in [0.4, 0.5) is 0 Å². The molecule has 1 aliphatic heterocycles. The molecule has 2 rings (SSSR count). The molecule has 1 unspecified atom stereocenters. The van der Waals surface area contributed by atoms with Crippen LogP contribution >= 0.6 is 11.6 Å².